The Labute approximate surface area is 65.5 Å². The zero-order chi connectivity index (χ0) is 7.40. The summed E-state index contributed by atoms with van der Waals surface area (Å²) in [7, 11) is 0. The van der Waals surface area contributed by atoms with Crippen LogP contribution in [0.5, 0.6) is 0 Å². The Bertz CT molecular complexity index is 156. The number of rotatable bonds is 1. The van der Waals surface area contributed by atoms with Crippen LogP contribution in [0.15, 0.2) is 12.2 Å². The van der Waals surface area contributed by atoms with Crippen LogP contribution in [0.1, 0.15) is 6.42 Å². The number of carbonyl (C=O) groups is 1. The van der Waals surface area contributed by atoms with Gasteiger partial charge in [-0.2, -0.15) is 0 Å². The van der Waals surface area contributed by atoms with E-state index in [1.54, 1.807) is 4.90 Å². The lowest BCUT2D eigenvalue weighted by Crippen LogP contribution is -2.34. The van der Waals surface area contributed by atoms with Crippen molar-refractivity contribution in [2.24, 2.45) is 0 Å². The summed E-state index contributed by atoms with van der Waals surface area (Å²) in [5.41, 5.74) is 0. The number of hydrogen-bond donors (Lipinski definition) is 0. The summed E-state index contributed by atoms with van der Waals surface area (Å²) >= 11 is 5.37. The molecule has 0 saturated heterocycles. The first-order valence-corrected chi connectivity index (χ1v) is 3.87. The van der Waals surface area contributed by atoms with Crippen molar-refractivity contribution in [3.8, 4) is 0 Å². The maximum atomic E-state index is 10.9. The Balaban J connectivity index is 2.41. The van der Waals surface area contributed by atoms with Crippen molar-refractivity contribution < 1.29 is 4.79 Å². The molecular formula is C7H10ClNO. The fourth-order valence-electron chi connectivity index (χ4n) is 0.952. The maximum absolute atomic E-state index is 10.9. The van der Waals surface area contributed by atoms with Gasteiger partial charge in [0.2, 0.25) is 5.91 Å². The fraction of sp³-hybridized carbons (Fsp3) is 0.571. The highest BCUT2D eigenvalue weighted by molar-refractivity contribution is 6.27. The molecule has 0 unspecified atom stereocenters. The number of halogens is 1. The second-order valence-electron chi connectivity index (χ2n) is 2.23. The monoisotopic (exact) mass is 159 g/mol. The van der Waals surface area contributed by atoms with Crippen molar-refractivity contribution in [2.45, 2.75) is 6.42 Å². The Morgan fingerprint density at radius 1 is 1.60 bits per heavy atom. The molecule has 0 atom stereocenters. The molecule has 1 heterocycles. The average Bonchev–Trinajstić information content (AvgIpc) is 2.05. The number of hydrogen-bond acceptors (Lipinski definition) is 1. The highest BCUT2D eigenvalue weighted by Gasteiger charge is 2.11. The zero-order valence-electron chi connectivity index (χ0n) is 5.72. The lowest BCUT2D eigenvalue weighted by atomic mass is 10.2. The molecule has 0 bridgehead atoms. The molecule has 0 radical (unpaired) electrons. The van der Waals surface area contributed by atoms with Gasteiger partial charge in [-0.15, -0.1) is 11.6 Å². The predicted molar refractivity (Wildman–Crippen MR) is 41.1 cm³/mol. The number of nitrogens with zero attached hydrogens (tertiary/aromatic N) is 1. The van der Waals surface area contributed by atoms with Gasteiger partial charge in [-0.3, -0.25) is 4.79 Å². The summed E-state index contributed by atoms with van der Waals surface area (Å²) in [5.74, 6) is 0.138. The molecule has 2 nitrogen and oxygen atoms in total. The number of amides is 1. The third-order valence-electron chi connectivity index (χ3n) is 1.53. The van der Waals surface area contributed by atoms with Gasteiger partial charge < -0.3 is 4.90 Å². The predicted octanol–water partition coefficient (Wildman–Crippen LogP) is 1.01. The van der Waals surface area contributed by atoms with Crippen molar-refractivity contribution in [2.75, 3.05) is 19.0 Å². The first-order chi connectivity index (χ1) is 4.84. The largest absolute Gasteiger partial charge is 0.338 e. The molecule has 0 aromatic heterocycles. The van der Waals surface area contributed by atoms with Gasteiger partial charge in [0, 0.05) is 13.1 Å². The van der Waals surface area contributed by atoms with E-state index >= 15 is 0 Å². The van der Waals surface area contributed by atoms with Crippen molar-refractivity contribution >= 4 is 17.5 Å². The average molecular weight is 160 g/mol. The van der Waals surface area contributed by atoms with Gasteiger partial charge in [-0.25, -0.2) is 0 Å². The van der Waals surface area contributed by atoms with Gasteiger partial charge in [-0.1, -0.05) is 12.2 Å². The van der Waals surface area contributed by atoms with Gasteiger partial charge >= 0.3 is 0 Å². The van der Waals surface area contributed by atoms with Crippen molar-refractivity contribution in [1.82, 2.24) is 4.90 Å². The minimum absolute atomic E-state index is 0.0333. The molecule has 0 spiro atoms. The van der Waals surface area contributed by atoms with Crippen LogP contribution in [0, 0.1) is 0 Å². The summed E-state index contributed by atoms with van der Waals surface area (Å²) in [6, 6.07) is 0. The molecule has 1 aliphatic rings. The molecule has 1 aliphatic heterocycles. The quantitative estimate of drug-likeness (QED) is 0.413. The van der Waals surface area contributed by atoms with E-state index in [0.29, 0.717) is 0 Å². The Hall–Kier alpha value is -0.500. The van der Waals surface area contributed by atoms with Crippen LogP contribution in [-0.4, -0.2) is 29.8 Å². The van der Waals surface area contributed by atoms with Crippen LogP contribution in [0.2, 0.25) is 0 Å². The molecular weight excluding hydrogens is 150 g/mol. The van der Waals surface area contributed by atoms with E-state index in [9.17, 15) is 4.79 Å². The third kappa shape index (κ3) is 1.74. The SMILES string of the molecule is O=C(CCl)N1CC=CCC1. The van der Waals surface area contributed by atoms with Crippen molar-refractivity contribution in [3.63, 3.8) is 0 Å². The standard InChI is InChI=1S/C7H10ClNO/c8-6-7(10)9-4-2-1-3-5-9/h1-2H,3-6H2. The van der Waals surface area contributed by atoms with E-state index in [4.69, 9.17) is 11.6 Å². The molecule has 10 heavy (non-hydrogen) atoms. The molecule has 0 aliphatic carbocycles. The highest BCUT2D eigenvalue weighted by atomic mass is 35.5. The van der Waals surface area contributed by atoms with Crippen molar-refractivity contribution in [1.29, 1.82) is 0 Å². The Morgan fingerprint density at radius 3 is 2.90 bits per heavy atom. The first kappa shape index (κ1) is 7.61. The summed E-state index contributed by atoms with van der Waals surface area (Å²) < 4.78 is 0. The van der Waals surface area contributed by atoms with E-state index < -0.39 is 0 Å². The Kier molecular flexibility index (Phi) is 2.75. The highest BCUT2D eigenvalue weighted by Crippen LogP contribution is 2.01. The molecule has 3 heteroatoms. The first-order valence-electron chi connectivity index (χ1n) is 3.33. The van der Waals surface area contributed by atoms with Crippen LogP contribution >= 0.6 is 11.6 Å². The lowest BCUT2D eigenvalue weighted by molar-refractivity contribution is -0.128. The minimum Gasteiger partial charge on any atom is -0.338 e. The summed E-state index contributed by atoms with van der Waals surface area (Å²) in [6.45, 7) is 1.55. The molecule has 1 amide bonds. The molecule has 0 aromatic rings. The van der Waals surface area contributed by atoms with Crippen LogP contribution in [0.25, 0.3) is 0 Å². The van der Waals surface area contributed by atoms with Gasteiger partial charge in [-0.05, 0) is 6.42 Å². The van der Waals surface area contributed by atoms with E-state index in [0.717, 1.165) is 19.5 Å². The van der Waals surface area contributed by atoms with Crippen LogP contribution in [0.4, 0.5) is 0 Å². The smallest absolute Gasteiger partial charge is 0.237 e. The summed E-state index contributed by atoms with van der Waals surface area (Å²) in [5, 5.41) is 0. The van der Waals surface area contributed by atoms with E-state index in [-0.39, 0.29) is 11.8 Å². The zero-order valence-corrected chi connectivity index (χ0v) is 6.47. The minimum atomic E-state index is 0.0333. The molecule has 56 valence electrons. The second kappa shape index (κ2) is 3.62. The lowest BCUT2D eigenvalue weighted by Gasteiger charge is -2.21. The summed E-state index contributed by atoms with van der Waals surface area (Å²) in [6.07, 6.45) is 5.04. The third-order valence-corrected chi connectivity index (χ3v) is 1.75. The second-order valence-corrected chi connectivity index (χ2v) is 2.50. The Morgan fingerprint density at radius 2 is 2.40 bits per heavy atom. The summed E-state index contributed by atoms with van der Waals surface area (Å²) in [4.78, 5) is 12.7. The van der Waals surface area contributed by atoms with E-state index in [1.807, 2.05) is 6.08 Å². The fourth-order valence-corrected chi connectivity index (χ4v) is 1.12. The van der Waals surface area contributed by atoms with Crippen LogP contribution in [0.3, 0.4) is 0 Å². The topological polar surface area (TPSA) is 20.3 Å². The molecule has 0 fully saturated rings. The number of carbonyl (C=O) groups excluding carboxylic acids is 1. The van der Waals surface area contributed by atoms with E-state index in [2.05, 4.69) is 6.08 Å². The van der Waals surface area contributed by atoms with Gasteiger partial charge in [0.25, 0.3) is 0 Å². The van der Waals surface area contributed by atoms with E-state index in [1.165, 1.54) is 0 Å². The molecule has 0 saturated carbocycles. The normalized spacial score (nSPS) is 17.5. The van der Waals surface area contributed by atoms with Crippen molar-refractivity contribution in [3.05, 3.63) is 12.2 Å². The van der Waals surface area contributed by atoms with Crippen LogP contribution in [-0.2, 0) is 4.79 Å². The molecule has 0 aromatic carbocycles. The van der Waals surface area contributed by atoms with Crippen LogP contribution < -0.4 is 0 Å². The molecule has 1 rings (SSSR count). The maximum Gasteiger partial charge on any atom is 0.237 e. The van der Waals surface area contributed by atoms with Gasteiger partial charge in [0.05, 0.1) is 0 Å². The molecule has 0 N–H and O–H groups in total. The number of alkyl halides is 1. The van der Waals surface area contributed by atoms with Gasteiger partial charge in [0.15, 0.2) is 0 Å². The van der Waals surface area contributed by atoms with Gasteiger partial charge in [0.1, 0.15) is 5.88 Å².